The van der Waals surface area contributed by atoms with Crippen LogP contribution in [-0.4, -0.2) is 11.6 Å². The van der Waals surface area contributed by atoms with Crippen LogP contribution in [0.5, 0.6) is 0 Å². The third-order valence-corrected chi connectivity index (χ3v) is 7.72. The molecule has 0 bridgehead atoms. The van der Waals surface area contributed by atoms with Crippen molar-refractivity contribution in [3.05, 3.63) is 11.6 Å². The van der Waals surface area contributed by atoms with Crippen LogP contribution < -0.4 is 0 Å². The molecule has 0 aliphatic heterocycles. The van der Waals surface area contributed by atoms with Crippen molar-refractivity contribution in [3.63, 3.8) is 0 Å². The van der Waals surface area contributed by atoms with Crippen LogP contribution in [0, 0.1) is 35.0 Å². The number of hydrogen-bond donors (Lipinski definition) is 0. The summed E-state index contributed by atoms with van der Waals surface area (Å²) in [7, 11) is 0. The highest BCUT2D eigenvalue weighted by Crippen LogP contribution is 2.60. The maximum Gasteiger partial charge on any atom is 0.158 e. The molecule has 3 saturated carbocycles. The standard InChI is InChI=1S/C20H28O2/c1-3-12-10-16-13(11-18(12)21)4-5-15-14(16)8-9-20(2)17(15)6-7-19(20)22/h11-12,14-17H,3-10H2,1-2H3/t12?,14-,15+,16-,17-,20-/m0/s1. The second-order valence-corrected chi connectivity index (χ2v) is 8.46. The molecule has 4 rings (SSSR count). The fourth-order valence-electron chi connectivity index (χ4n) is 6.39. The third-order valence-electron chi connectivity index (χ3n) is 7.72. The average Bonchev–Trinajstić information content (AvgIpc) is 2.82. The Bertz CT molecular complexity index is 546. The average molecular weight is 300 g/mol. The van der Waals surface area contributed by atoms with Gasteiger partial charge in [0.25, 0.3) is 0 Å². The van der Waals surface area contributed by atoms with E-state index in [1.54, 1.807) is 0 Å². The van der Waals surface area contributed by atoms with Crippen molar-refractivity contribution in [2.45, 2.75) is 65.2 Å². The molecule has 2 heteroatoms. The zero-order valence-corrected chi connectivity index (χ0v) is 13.9. The lowest BCUT2D eigenvalue weighted by molar-refractivity contribution is -0.131. The number of allylic oxidation sites excluding steroid dienone is 1. The van der Waals surface area contributed by atoms with Gasteiger partial charge in [0.15, 0.2) is 5.78 Å². The summed E-state index contributed by atoms with van der Waals surface area (Å²) in [6, 6.07) is 0. The number of hydrogen-bond acceptors (Lipinski definition) is 2. The summed E-state index contributed by atoms with van der Waals surface area (Å²) in [4.78, 5) is 24.6. The van der Waals surface area contributed by atoms with E-state index in [0.717, 1.165) is 50.4 Å². The number of Topliss-reactive ketones (excluding diaryl/α,β-unsaturated/α-hetero) is 1. The van der Waals surface area contributed by atoms with E-state index < -0.39 is 0 Å². The Morgan fingerprint density at radius 2 is 1.95 bits per heavy atom. The van der Waals surface area contributed by atoms with Crippen LogP contribution in [0.15, 0.2) is 11.6 Å². The van der Waals surface area contributed by atoms with Gasteiger partial charge in [-0.05, 0) is 74.7 Å². The van der Waals surface area contributed by atoms with Crippen molar-refractivity contribution in [3.8, 4) is 0 Å². The van der Waals surface area contributed by atoms with Gasteiger partial charge in [-0.25, -0.2) is 0 Å². The van der Waals surface area contributed by atoms with E-state index in [1.807, 2.05) is 6.08 Å². The van der Waals surface area contributed by atoms with Crippen LogP contribution in [0.3, 0.4) is 0 Å². The van der Waals surface area contributed by atoms with Gasteiger partial charge in [-0.1, -0.05) is 19.4 Å². The molecule has 0 aromatic heterocycles. The molecule has 4 aliphatic rings. The molecular formula is C20H28O2. The quantitative estimate of drug-likeness (QED) is 0.722. The summed E-state index contributed by atoms with van der Waals surface area (Å²) in [6.45, 7) is 4.39. The van der Waals surface area contributed by atoms with Crippen molar-refractivity contribution >= 4 is 11.6 Å². The van der Waals surface area contributed by atoms with Gasteiger partial charge in [0.05, 0.1) is 0 Å². The SMILES string of the molecule is CCC1C[C@H]2C(=CC1=O)CC[C@@H]1[C@@H]2CC[C@]2(C)C(=O)CC[C@@H]12. The summed E-state index contributed by atoms with van der Waals surface area (Å²) in [5.41, 5.74) is 1.43. The first-order chi connectivity index (χ1) is 10.5. The summed E-state index contributed by atoms with van der Waals surface area (Å²) in [5.74, 6) is 3.90. The Hall–Kier alpha value is -0.920. The zero-order chi connectivity index (χ0) is 15.5. The monoisotopic (exact) mass is 300 g/mol. The molecular weight excluding hydrogens is 272 g/mol. The smallest absolute Gasteiger partial charge is 0.158 e. The Kier molecular flexibility index (Phi) is 3.36. The second kappa shape index (κ2) is 5.04. The summed E-state index contributed by atoms with van der Waals surface area (Å²) in [5, 5.41) is 0. The number of ketones is 2. The van der Waals surface area contributed by atoms with E-state index in [0.29, 0.717) is 23.4 Å². The predicted octanol–water partition coefficient (Wildman–Crippen LogP) is 4.33. The lowest BCUT2D eigenvalue weighted by Crippen LogP contribution is -2.47. The van der Waals surface area contributed by atoms with E-state index in [1.165, 1.54) is 18.4 Å². The maximum absolute atomic E-state index is 12.4. The molecule has 0 heterocycles. The number of carbonyl (C=O) groups excluding carboxylic acids is 2. The summed E-state index contributed by atoms with van der Waals surface area (Å²) < 4.78 is 0. The number of fused-ring (bicyclic) bond motifs is 5. The zero-order valence-electron chi connectivity index (χ0n) is 13.9. The Morgan fingerprint density at radius 3 is 2.73 bits per heavy atom. The van der Waals surface area contributed by atoms with Gasteiger partial charge in [-0.15, -0.1) is 0 Å². The number of carbonyl (C=O) groups is 2. The van der Waals surface area contributed by atoms with Gasteiger partial charge in [0, 0.05) is 17.8 Å². The molecule has 0 saturated heterocycles. The molecule has 2 nitrogen and oxygen atoms in total. The van der Waals surface area contributed by atoms with Crippen molar-refractivity contribution in [2.24, 2.45) is 35.0 Å². The van der Waals surface area contributed by atoms with E-state index in [-0.39, 0.29) is 11.3 Å². The Morgan fingerprint density at radius 1 is 1.14 bits per heavy atom. The largest absolute Gasteiger partial charge is 0.299 e. The maximum atomic E-state index is 12.4. The molecule has 0 aromatic carbocycles. The topological polar surface area (TPSA) is 34.1 Å². The highest BCUT2D eigenvalue weighted by Gasteiger charge is 2.56. The molecule has 120 valence electrons. The summed E-state index contributed by atoms with van der Waals surface area (Å²) >= 11 is 0. The third kappa shape index (κ3) is 1.91. The summed E-state index contributed by atoms with van der Waals surface area (Å²) in [6.07, 6.45) is 10.6. The van der Waals surface area contributed by atoms with Crippen LogP contribution in [-0.2, 0) is 9.59 Å². The molecule has 22 heavy (non-hydrogen) atoms. The first-order valence-corrected chi connectivity index (χ1v) is 9.32. The molecule has 4 aliphatic carbocycles. The highest BCUT2D eigenvalue weighted by molar-refractivity contribution is 5.93. The molecule has 6 atom stereocenters. The first kappa shape index (κ1) is 14.7. The predicted molar refractivity (Wildman–Crippen MR) is 86.3 cm³/mol. The lowest BCUT2D eigenvalue weighted by Gasteiger charge is -2.52. The van der Waals surface area contributed by atoms with Crippen LogP contribution in [0.2, 0.25) is 0 Å². The molecule has 3 fully saturated rings. The van der Waals surface area contributed by atoms with E-state index in [9.17, 15) is 9.59 Å². The minimum atomic E-state index is -0.0168. The van der Waals surface area contributed by atoms with Crippen molar-refractivity contribution in [2.75, 3.05) is 0 Å². The Labute approximate surface area is 133 Å². The lowest BCUT2D eigenvalue weighted by atomic mass is 9.52. The second-order valence-electron chi connectivity index (χ2n) is 8.46. The normalized spacial score (nSPS) is 47.5. The molecule has 0 N–H and O–H groups in total. The van der Waals surface area contributed by atoms with E-state index in [4.69, 9.17) is 0 Å². The van der Waals surface area contributed by atoms with Gasteiger partial charge >= 0.3 is 0 Å². The fraction of sp³-hybridized carbons (Fsp3) is 0.800. The van der Waals surface area contributed by atoms with Gasteiger partial charge in [0.1, 0.15) is 5.78 Å². The van der Waals surface area contributed by atoms with Crippen LogP contribution in [0.4, 0.5) is 0 Å². The molecule has 0 spiro atoms. The number of rotatable bonds is 1. The first-order valence-electron chi connectivity index (χ1n) is 9.32. The van der Waals surface area contributed by atoms with Crippen LogP contribution >= 0.6 is 0 Å². The minimum Gasteiger partial charge on any atom is -0.299 e. The fourth-order valence-corrected chi connectivity index (χ4v) is 6.39. The minimum absolute atomic E-state index is 0.0168. The van der Waals surface area contributed by atoms with E-state index >= 15 is 0 Å². The van der Waals surface area contributed by atoms with Crippen molar-refractivity contribution in [1.82, 2.24) is 0 Å². The van der Waals surface area contributed by atoms with E-state index in [2.05, 4.69) is 13.8 Å². The molecule has 1 unspecified atom stereocenters. The van der Waals surface area contributed by atoms with Gasteiger partial charge in [0.2, 0.25) is 0 Å². The van der Waals surface area contributed by atoms with Gasteiger partial charge in [-0.3, -0.25) is 9.59 Å². The van der Waals surface area contributed by atoms with Crippen LogP contribution in [0.25, 0.3) is 0 Å². The highest BCUT2D eigenvalue weighted by atomic mass is 16.1. The molecule has 0 radical (unpaired) electrons. The van der Waals surface area contributed by atoms with Gasteiger partial charge < -0.3 is 0 Å². The molecule has 0 aromatic rings. The van der Waals surface area contributed by atoms with Gasteiger partial charge in [-0.2, -0.15) is 0 Å². The van der Waals surface area contributed by atoms with Crippen molar-refractivity contribution in [1.29, 1.82) is 0 Å². The Balaban J connectivity index is 1.63. The molecule has 0 amide bonds. The van der Waals surface area contributed by atoms with Crippen molar-refractivity contribution < 1.29 is 9.59 Å². The van der Waals surface area contributed by atoms with Crippen LogP contribution in [0.1, 0.15) is 65.2 Å².